The number of aromatic nitrogens is 2. The van der Waals surface area contributed by atoms with Crippen LogP contribution in [-0.4, -0.2) is 20.6 Å². The smallest absolute Gasteiger partial charge is 0.311 e. The van der Waals surface area contributed by atoms with Crippen molar-refractivity contribution in [1.82, 2.24) is 9.55 Å². The highest BCUT2D eigenvalue weighted by Crippen LogP contribution is 2.18. The Kier molecular flexibility index (Phi) is 2.15. The molecule has 0 bridgehead atoms. The summed E-state index contributed by atoms with van der Waals surface area (Å²) in [6.45, 7) is 0. The standard InChI is InChI=1S/C10H9FN2O2/c1-13-8(5-9(14)15)12-7-4-2-3-6(11)10(7)13/h2-4H,5H2,1H3,(H,14,15). The van der Waals surface area contributed by atoms with E-state index in [2.05, 4.69) is 4.98 Å². The van der Waals surface area contributed by atoms with Gasteiger partial charge in [0, 0.05) is 7.05 Å². The number of carboxylic acid groups (broad SMARTS) is 1. The van der Waals surface area contributed by atoms with E-state index in [9.17, 15) is 9.18 Å². The van der Waals surface area contributed by atoms with Crippen LogP contribution in [0, 0.1) is 5.82 Å². The van der Waals surface area contributed by atoms with Crippen molar-refractivity contribution in [3.63, 3.8) is 0 Å². The summed E-state index contributed by atoms with van der Waals surface area (Å²) in [5.41, 5.74) is 0.822. The quantitative estimate of drug-likeness (QED) is 0.810. The molecule has 0 aliphatic heterocycles. The van der Waals surface area contributed by atoms with Crippen molar-refractivity contribution in [3.8, 4) is 0 Å². The molecule has 2 rings (SSSR count). The lowest BCUT2D eigenvalue weighted by atomic mass is 10.3. The minimum Gasteiger partial charge on any atom is -0.481 e. The van der Waals surface area contributed by atoms with Gasteiger partial charge in [0.05, 0.1) is 5.52 Å². The molecule has 1 aromatic heterocycles. The topological polar surface area (TPSA) is 55.1 Å². The third-order valence-electron chi connectivity index (χ3n) is 2.25. The number of nitrogens with zero attached hydrogens (tertiary/aromatic N) is 2. The average Bonchev–Trinajstić information content (AvgIpc) is 2.44. The largest absolute Gasteiger partial charge is 0.481 e. The summed E-state index contributed by atoms with van der Waals surface area (Å²) in [6, 6.07) is 4.54. The Labute approximate surface area is 85.0 Å². The predicted molar refractivity (Wildman–Crippen MR) is 52.0 cm³/mol. The lowest BCUT2D eigenvalue weighted by Crippen LogP contribution is -2.06. The van der Waals surface area contributed by atoms with Crippen LogP contribution in [0.25, 0.3) is 11.0 Å². The molecule has 0 aliphatic carbocycles. The number of fused-ring (bicyclic) bond motifs is 1. The van der Waals surface area contributed by atoms with E-state index in [1.165, 1.54) is 10.6 Å². The first-order chi connectivity index (χ1) is 7.09. The number of imidazole rings is 1. The lowest BCUT2D eigenvalue weighted by Gasteiger charge is -1.99. The molecule has 0 fully saturated rings. The number of aryl methyl sites for hydroxylation is 1. The number of benzene rings is 1. The SMILES string of the molecule is Cn1c(CC(=O)O)nc2cccc(F)c21. The zero-order valence-corrected chi connectivity index (χ0v) is 8.07. The first kappa shape index (κ1) is 9.64. The van der Waals surface area contributed by atoms with Gasteiger partial charge in [0.1, 0.15) is 23.6 Å². The Bertz CT molecular complexity index is 533. The number of halogens is 1. The van der Waals surface area contributed by atoms with Gasteiger partial charge in [0.2, 0.25) is 0 Å². The number of hydrogen-bond acceptors (Lipinski definition) is 2. The molecular formula is C10H9FN2O2. The highest BCUT2D eigenvalue weighted by molar-refractivity contribution is 5.78. The van der Waals surface area contributed by atoms with Crippen molar-refractivity contribution in [2.45, 2.75) is 6.42 Å². The van der Waals surface area contributed by atoms with Crippen LogP contribution in [0.1, 0.15) is 5.82 Å². The molecule has 0 aliphatic rings. The highest BCUT2D eigenvalue weighted by Gasteiger charge is 2.13. The summed E-state index contributed by atoms with van der Waals surface area (Å²) >= 11 is 0. The molecule has 15 heavy (non-hydrogen) atoms. The van der Waals surface area contributed by atoms with Crippen molar-refractivity contribution in [2.24, 2.45) is 7.05 Å². The maximum absolute atomic E-state index is 13.4. The van der Waals surface area contributed by atoms with Gasteiger partial charge in [-0.05, 0) is 12.1 Å². The molecule has 4 nitrogen and oxygen atoms in total. The summed E-state index contributed by atoms with van der Waals surface area (Å²) < 4.78 is 14.9. The summed E-state index contributed by atoms with van der Waals surface area (Å²) in [5.74, 6) is -1.02. The summed E-state index contributed by atoms with van der Waals surface area (Å²) in [4.78, 5) is 14.6. The molecule has 5 heteroatoms. The monoisotopic (exact) mass is 208 g/mol. The zero-order valence-electron chi connectivity index (χ0n) is 8.07. The van der Waals surface area contributed by atoms with Crippen molar-refractivity contribution in [2.75, 3.05) is 0 Å². The maximum atomic E-state index is 13.4. The molecule has 0 saturated carbocycles. The van der Waals surface area contributed by atoms with E-state index in [1.807, 2.05) is 0 Å². The zero-order chi connectivity index (χ0) is 11.0. The van der Waals surface area contributed by atoms with Crippen LogP contribution in [0.2, 0.25) is 0 Å². The van der Waals surface area contributed by atoms with Crippen LogP contribution in [0.3, 0.4) is 0 Å². The maximum Gasteiger partial charge on any atom is 0.311 e. The molecule has 0 radical (unpaired) electrons. The second kappa shape index (κ2) is 3.34. The molecule has 2 aromatic rings. The van der Waals surface area contributed by atoms with E-state index in [4.69, 9.17) is 5.11 Å². The minimum absolute atomic E-state index is 0.204. The van der Waals surface area contributed by atoms with Gasteiger partial charge < -0.3 is 9.67 Å². The molecule has 0 amide bonds. The highest BCUT2D eigenvalue weighted by atomic mass is 19.1. The first-order valence-corrected chi connectivity index (χ1v) is 4.41. The Morgan fingerprint density at radius 2 is 2.33 bits per heavy atom. The molecule has 1 aromatic carbocycles. The minimum atomic E-state index is -0.978. The fourth-order valence-corrected chi connectivity index (χ4v) is 1.56. The molecule has 78 valence electrons. The fraction of sp³-hybridized carbons (Fsp3) is 0.200. The number of rotatable bonds is 2. The number of carboxylic acids is 1. The van der Waals surface area contributed by atoms with Crippen LogP contribution < -0.4 is 0 Å². The fourth-order valence-electron chi connectivity index (χ4n) is 1.56. The van der Waals surface area contributed by atoms with Crippen molar-refractivity contribution < 1.29 is 14.3 Å². The first-order valence-electron chi connectivity index (χ1n) is 4.41. The summed E-state index contributed by atoms with van der Waals surface area (Å²) in [6.07, 6.45) is -0.204. The number of aliphatic carboxylic acids is 1. The Balaban J connectivity index is 2.64. The summed E-state index contributed by atoms with van der Waals surface area (Å²) in [7, 11) is 1.61. The third-order valence-corrected chi connectivity index (χ3v) is 2.25. The van der Waals surface area contributed by atoms with Gasteiger partial charge in [0.25, 0.3) is 0 Å². The Morgan fingerprint density at radius 3 is 2.93 bits per heavy atom. The van der Waals surface area contributed by atoms with Crippen molar-refractivity contribution in [3.05, 3.63) is 29.8 Å². The van der Waals surface area contributed by atoms with Gasteiger partial charge in [-0.2, -0.15) is 0 Å². The van der Waals surface area contributed by atoms with E-state index < -0.39 is 5.97 Å². The van der Waals surface area contributed by atoms with Crippen LogP contribution in [0.15, 0.2) is 18.2 Å². The van der Waals surface area contributed by atoms with Crippen LogP contribution in [0.4, 0.5) is 4.39 Å². The second-order valence-corrected chi connectivity index (χ2v) is 3.27. The van der Waals surface area contributed by atoms with Crippen LogP contribution >= 0.6 is 0 Å². The molecule has 1 heterocycles. The number of hydrogen-bond donors (Lipinski definition) is 1. The molecule has 0 saturated heterocycles. The van der Waals surface area contributed by atoms with Gasteiger partial charge in [-0.15, -0.1) is 0 Å². The molecule has 1 N–H and O–H groups in total. The third kappa shape index (κ3) is 1.56. The molecule has 0 atom stereocenters. The van der Waals surface area contributed by atoms with E-state index in [0.29, 0.717) is 16.9 Å². The average molecular weight is 208 g/mol. The number of carbonyl (C=O) groups is 1. The molecular weight excluding hydrogens is 199 g/mol. The van der Waals surface area contributed by atoms with E-state index in [1.54, 1.807) is 19.2 Å². The predicted octanol–water partition coefficient (Wildman–Crippen LogP) is 1.34. The van der Waals surface area contributed by atoms with Gasteiger partial charge in [-0.1, -0.05) is 6.07 Å². The van der Waals surface area contributed by atoms with E-state index in [-0.39, 0.29) is 12.2 Å². The van der Waals surface area contributed by atoms with Gasteiger partial charge in [-0.3, -0.25) is 4.79 Å². The van der Waals surface area contributed by atoms with Crippen molar-refractivity contribution in [1.29, 1.82) is 0 Å². The van der Waals surface area contributed by atoms with Crippen molar-refractivity contribution >= 4 is 17.0 Å². The van der Waals surface area contributed by atoms with Crippen LogP contribution in [-0.2, 0) is 18.3 Å². The van der Waals surface area contributed by atoms with Gasteiger partial charge in [0.15, 0.2) is 0 Å². The van der Waals surface area contributed by atoms with Gasteiger partial charge >= 0.3 is 5.97 Å². The lowest BCUT2D eigenvalue weighted by molar-refractivity contribution is -0.136. The van der Waals surface area contributed by atoms with Gasteiger partial charge in [-0.25, -0.2) is 9.37 Å². The molecule has 0 unspecified atom stereocenters. The Morgan fingerprint density at radius 1 is 1.60 bits per heavy atom. The second-order valence-electron chi connectivity index (χ2n) is 3.27. The molecule has 0 spiro atoms. The van der Waals surface area contributed by atoms with Crippen LogP contribution in [0.5, 0.6) is 0 Å². The van der Waals surface area contributed by atoms with E-state index >= 15 is 0 Å². The normalized spacial score (nSPS) is 10.8. The Hall–Kier alpha value is -1.91. The van der Waals surface area contributed by atoms with E-state index in [0.717, 1.165) is 0 Å². The summed E-state index contributed by atoms with van der Waals surface area (Å²) in [5, 5.41) is 8.64. The number of para-hydroxylation sites is 1.